The molecule has 0 saturated carbocycles. The number of nitrogen functional groups attached to an aromatic ring is 1. The quantitative estimate of drug-likeness (QED) is 0.815. The van der Waals surface area contributed by atoms with Crippen LogP contribution in [0.4, 0.5) is 15.8 Å². The molecule has 4 nitrogen and oxygen atoms in total. The largest absolute Gasteiger partial charge is 0.399 e. The lowest BCUT2D eigenvalue weighted by molar-refractivity contribution is -0.115. The minimum absolute atomic E-state index is 0.0124. The molecule has 1 amide bonds. The Bertz CT molecular complexity index is 492. The summed E-state index contributed by atoms with van der Waals surface area (Å²) in [6.07, 6.45) is 0. The Balaban J connectivity index is 2.74. The van der Waals surface area contributed by atoms with Crippen LogP contribution >= 0.6 is 0 Å². The smallest absolute Gasteiger partial charge is 0.239 e. The first kappa shape index (κ1) is 15.6. The van der Waals surface area contributed by atoms with Gasteiger partial charge in [0, 0.05) is 22.2 Å². The van der Waals surface area contributed by atoms with E-state index in [-0.39, 0.29) is 11.6 Å². The van der Waals surface area contributed by atoms with Gasteiger partial charge in [0.1, 0.15) is 11.1 Å². The first-order valence-corrected chi connectivity index (χ1v) is 7.42. The number of anilines is 2. The van der Waals surface area contributed by atoms with Crippen LogP contribution in [0.3, 0.4) is 0 Å². The van der Waals surface area contributed by atoms with Crippen molar-refractivity contribution in [3.63, 3.8) is 0 Å². The van der Waals surface area contributed by atoms with E-state index in [1.165, 1.54) is 18.2 Å². The van der Waals surface area contributed by atoms with Crippen LogP contribution in [0.15, 0.2) is 18.2 Å². The predicted octanol–water partition coefficient (Wildman–Crippen LogP) is 2.14. The fourth-order valence-corrected chi connectivity index (χ4v) is 2.71. The van der Waals surface area contributed by atoms with Crippen molar-refractivity contribution in [1.82, 2.24) is 0 Å². The summed E-state index contributed by atoms with van der Waals surface area (Å²) in [5, 5.41) is 1.73. The van der Waals surface area contributed by atoms with Crippen molar-refractivity contribution in [2.24, 2.45) is 5.92 Å². The maximum absolute atomic E-state index is 13.5. The molecule has 19 heavy (non-hydrogen) atoms. The Kier molecular flexibility index (Phi) is 5.47. The van der Waals surface area contributed by atoms with E-state index in [0.29, 0.717) is 11.4 Å². The normalized spacial score (nSPS) is 14.2. The van der Waals surface area contributed by atoms with Gasteiger partial charge >= 0.3 is 0 Å². The molecule has 0 spiro atoms. The molecule has 2 unspecified atom stereocenters. The molecule has 3 N–H and O–H groups in total. The average Bonchev–Trinajstić information content (AvgIpc) is 2.31. The second-order valence-electron chi connectivity index (χ2n) is 4.81. The molecule has 6 heteroatoms. The van der Waals surface area contributed by atoms with Gasteiger partial charge in [0.15, 0.2) is 0 Å². The minimum atomic E-state index is -1.28. The molecule has 0 saturated heterocycles. The van der Waals surface area contributed by atoms with Gasteiger partial charge in [0.2, 0.25) is 5.91 Å². The fourth-order valence-electron chi connectivity index (χ4n) is 1.47. The Hall–Kier alpha value is -1.43. The molecule has 0 aromatic heterocycles. The van der Waals surface area contributed by atoms with E-state index < -0.39 is 27.8 Å². The highest BCUT2D eigenvalue weighted by molar-refractivity contribution is 7.86. The van der Waals surface area contributed by atoms with Gasteiger partial charge in [-0.15, -0.1) is 0 Å². The molecule has 0 radical (unpaired) electrons. The zero-order valence-electron chi connectivity index (χ0n) is 11.3. The summed E-state index contributed by atoms with van der Waals surface area (Å²) in [6.45, 7) is 5.43. The van der Waals surface area contributed by atoms with E-state index in [4.69, 9.17) is 5.73 Å². The van der Waals surface area contributed by atoms with Gasteiger partial charge in [-0.2, -0.15) is 0 Å². The summed E-state index contributed by atoms with van der Waals surface area (Å²) in [5.74, 6) is -0.360. The fraction of sp³-hybridized carbons (Fsp3) is 0.462. The van der Waals surface area contributed by atoms with Crippen molar-refractivity contribution in [3.8, 4) is 0 Å². The van der Waals surface area contributed by atoms with Crippen molar-refractivity contribution in [3.05, 3.63) is 24.0 Å². The van der Waals surface area contributed by atoms with Gasteiger partial charge in [0.25, 0.3) is 0 Å². The third kappa shape index (κ3) is 4.63. The number of rotatable bonds is 5. The van der Waals surface area contributed by atoms with E-state index >= 15 is 0 Å². The van der Waals surface area contributed by atoms with Crippen molar-refractivity contribution in [2.45, 2.75) is 26.0 Å². The lowest BCUT2D eigenvalue weighted by Crippen LogP contribution is -2.31. The number of hydrogen-bond donors (Lipinski definition) is 2. The second kappa shape index (κ2) is 6.65. The number of hydrogen-bond acceptors (Lipinski definition) is 3. The molecule has 0 bridgehead atoms. The van der Waals surface area contributed by atoms with Crippen LogP contribution in [0, 0.1) is 11.7 Å². The third-order valence-corrected chi connectivity index (χ3v) is 4.51. The number of amides is 1. The van der Waals surface area contributed by atoms with E-state index in [1.54, 1.807) is 6.92 Å². The molecule has 106 valence electrons. The molecule has 0 fully saturated rings. The average molecular weight is 286 g/mol. The number of carbonyl (C=O) groups excluding carboxylic acids is 1. The zero-order valence-corrected chi connectivity index (χ0v) is 12.1. The Labute approximate surface area is 115 Å². The number of nitrogens with one attached hydrogen (secondary N) is 1. The maximum atomic E-state index is 13.5. The number of benzene rings is 1. The molecule has 0 aliphatic heterocycles. The van der Waals surface area contributed by atoms with Crippen LogP contribution in [-0.4, -0.2) is 21.1 Å². The van der Waals surface area contributed by atoms with Gasteiger partial charge in [-0.3, -0.25) is 9.00 Å². The molecule has 1 aromatic carbocycles. The molecule has 0 aliphatic carbocycles. The second-order valence-corrected chi connectivity index (χ2v) is 6.61. The maximum Gasteiger partial charge on any atom is 0.239 e. The first-order chi connectivity index (χ1) is 8.81. The van der Waals surface area contributed by atoms with Crippen LogP contribution in [0.5, 0.6) is 0 Å². The highest BCUT2D eigenvalue weighted by Gasteiger charge is 2.21. The molecule has 0 aliphatic rings. The summed E-state index contributed by atoms with van der Waals surface area (Å²) in [4.78, 5) is 11.9. The van der Waals surface area contributed by atoms with Gasteiger partial charge in [0.05, 0.1) is 5.69 Å². The molecule has 0 heterocycles. The Morgan fingerprint density at radius 1 is 1.42 bits per heavy atom. The summed E-state index contributed by atoms with van der Waals surface area (Å²) >= 11 is 0. The summed E-state index contributed by atoms with van der Waals surface area (Å²) in [6, 6.07) is 3.93. The summed E-state index contributed by atoms with van der Waals surface area (Å²) < 4.78 is 25.3. The lowest BCUT2D eigenvalue weighted by Gasteiger charge is -2.14. The zero-order chi connectivity index (χ0) is 14.6. The summed E-state index contributed by atoms with van der Waals surface area (Å²) in [7, 11) is -1.28. The highest BCUT2D eigenvalue weighted by atomic mass is 32.2. The minimum Gasteiger partial charge on any atom is -0.399 e. The standard InChI is InChI=1S/C13H19FN2O2S/c1-8(2)7-19(18)9(3)13(17)16-12-6-10(15)4-5-11(12)14/h4-6,8-9H,7,15H2,1-3H3,(H,16,17). The predicted molar refractivity (Wildman–Crippen MR) is 76.8 cm³/mol. The van der Waals surface area contributed by atoms with Crippen molar-refractivity contribution in [2.75, 3.05) is 16.8 Å². The topological polar surface area (TPSA) is 72.2 Å². The van der Waals surface area contributed by atoms with E-state index in [1.807, 2.05) is 13.8 Å². The van der Waals surface area contributed by atoms with E-state index in [0.717, 1.165) is 0 Å². The van der Waals surface area contributed by atoms with Gasteiger partial charge < -0.3 is 11.1 Å². The van der Waals surface area contributed by atoms with Crippen molar-refractivity contribution < 1.29 is 13.4 Å². The monoisotopic (exact) mass is 286 g/mol. The number of nitrogens with two attached hydrogens (primary N) is 1. The van der Waals surface area contributed by atoms with Gasteiger partial charge in [-0.1, -0.05) is 13.8 Å². The molecular weight excluding hydrogens is 267 g/mol. The first-order valence-electron chi connectivity index (χ1n) is 6.04. The lowest BCUT2D eigenvalue weighted by atomic mass is 10.2. The summed E-state index contributed by atoms with van der Waals surface area (Å²) in [5.41, 5.74) is 5.89. The SMILES string of the molecule is CC(C)CS(=O)C(C)C(=O)Nc1cc(N)ccc1F. The number of carbonyl (C=O) groups is 1. The van der Waals surface area contributed by atoms with Gasteiger partial charge in [-0.25, -0.2) is 4.39 Å². The van der Waals surface area contributed by atoms with Crippen LogP contribution in [-0.2, 0) is 15.6 Å². The van der Waals surface area contributed by atoms with E-state index in [2.05, 4.69) is 5.32 Å². The highest BCUT2D eigenvalue weighted by Crippen LogP contribution is 2.18. The number of halogens is 1. The third-order valence-electron chi connectivity index (χ3n) is 2.51. The van der Waals surface area contributed by atoms with Crippen molar-refractivity contribution >= 4 is 28.1 Å². The van der Waals surface area contributed by atoms with Gasteiger partial charge in [-0.05, 0) is 31.0 Å². The van der Waals surface area contributed by atoms with Crippen LogP contribution in [0.25, 0.3) is 0 Å². The van der Waals surface area contributed by atoms with Crippen molar-refractivity contribution in [1.29, 1.82) is 0 Å². The van der Waals surface area contributed by atoms with Crippen LogP contribution in [0.2, 0.25) is 0 Å². The Morgan fingerprint density at radius 2 is 2.05 bits per heavy atom. The molecular formula is C13H19FN2O2S. The van der Waals surface area contributed by atoms with Crippen LogP contribution in [0.1, 0.15) is 20.8 Å². The van der Waals surface area contributed by atoms with E-state index in [9.17, 15) is 13.4 Å². The Morgan fingerprint density at radius 3 is 2.63 bits per heavy atom. The van der Waals surface area contributed by atoms with Crippen LogP contribution < -0.4 is 11.1 Å². The molecule has 2 atom stereocenters. The molecule has 1 aromatic rings. The molecule has 1 rings (SSSR count).